The predicted molar refractivity (Wildman–Crippen MR) is 81.3 cm³/mol. The number of nitrogens with zero attached hydrogens (tertiary/aromatic N) is 1. The van der Waals surface area contributed by atoms with E-state index in [1.54, 1.807) is 5.38 Å². The summed E-state index contributed by atoms with van der Waals surface area (Å²) in [6.45, 7) is 4.66. The van der Waals surface area contributed by atoms with Gasteiger partial charge >= 0.3 is 5.97 Å². The van der Waals surface area contributed by atoms with Gasteiger partial charge in [-0.05, 0) is 13.3 Å². The van der Waals surface area contributed by atoms with E-state index in [1.807, 2.05) is 6.92 Å². The van der Waals surface area contributed by atoms with Gasteiger partial charge in [0, 0.05) is 11.9 Å². The minimum absolute atomic E-state index is 0.00101. The first-order valence-corrected chi connectivity index (χ1v) is 8.39. The molecule has 1 aromatic heterocycles. The van der Waals surface area contributed by atoms with Crippen LogP contribution in [0, 0.1) is 0 Å². The molecule has 1 rings (SSSR count). The van der Waals surface area contributed by atoms with E-state index in [0.717, 1.165) is 23.6 Å². The van der Waals surface area contributed by atoms with Gasteiger partial charge in [-0.15, -0.1) is 11.3 Å². The molecule has 2 N–H and O–H groups in total. The number of amides is 1. The maximum Gasteiger partial charge on any atom is 0.309 e. The topological polar surface area (TPSA) is 79.3 Å². The third kappa shape index (κ3) is 6.38. The Labute approximate surface area is 127 Å². The third-order valence-corrected chi connectivity index (χ3v) is 4.71. The van der Waals surface area contributed by atoms with Crippen molar-refractivity contribution in [1.82, 2.24) is 10.3 Å². The quantitative estimate of drug-likeness (QED) is 0.541. The summed E-state index contributed by atoms with van der Waals surface area (Å²) in [5.74, 6) is -0.894. The second-order valence-corrected chi connectivity index (χ2v) is 6.88. The maximum absolute atomic E-state index is 11.8. The van der Waals surface area contributed by atoms with Crippen molar-refractivity contribution < 1.29 is 14.7 Å². The van der Waals surface area contributed by atoms with Crippen LogP contribution >= 0.6 is 23.1 Å². The molecule has 0 aliphatic heterocycles. The molecular weight excluding hydrogens is 296 g/mol. The first-order valence-electron chi connectivity index (χ1n) is 6.63. The van der Waals surface area contributed by atoms with Gasteiger partial charge in [-0.25, -0.2) is 4.98 Å². The highest BCUT2D eigenvalue weighted by Crippen LogP contribution is 2.27. The Morgan fingerprint density at radius 3 is 2.90 bits per heavy atom. The van der Waals surface area contributed by atoms with Gasteiger partial charge < -0.3 is 10.4 Å². The zero-order valence-corrected chi connectivity index (χ0v) is 13.4. The summed E-state index contributed by atoms with van der Waals surface area (Å²) >= 11 is 2.74. The third-order valence-electron chi connectivity index (χ3n) is 2.59. The van der Waals surface area contributed by atoms with Crippen molar-refractivity contribution in [1.29, 1.82) is 0 Å². The normalized spacial score (nSPS) is 12.1. The van der Waals surface area contributed by atoms with E-state index in [0.29, 0.717) is 12.2 Å². The van der Waals surface area contributed by atoms with Crippen LogP contribution in [-0.2, 0) is 16.0 Å². The second kappa shape index (κ2) is 8.97. The standard InChI is InChI=1S/C13H20N2O3S2/c1-3-4-5-6-14-12(18)9(2)20-13-15-10(8-19-13)7-11(16)17/h8-9H,3-7H2,1-2H3,(H,14,18)(H,16,17). The van der Waals surface area contributed by atoms with Crippen molar-refractivity contribution >= 4 is 35.0 Å². The number of thiazole rings is 1. The minimum atomic E-state index is -0.895. The molecule has 0 aliphatic rings. The Kier molecular flexibility index (Phi) is 7.61. The fraction of sp³-hybridized carbons (Fsp3) is 0.615. The van der Waals surface area contributed by atoms with E-state index in [2.05, 4.69) is 17.2 Å². The fourth-order valence-corrected chi connectivity index (χ4v) is 3.52. The van der Waals surface area contributed by atoms with Gasteiger partial charge in [0.1, 0.15) is 0 Å². The number of unbranched alkanes of at least 4 members (excludes halogenated alkanes) is 2. The van der Waals surface area contributed by atoms with E-state index >= 15 is 0 Å². The molecule has 20 heavy (non-hydrogen) atoms. The van der Waals surface area contributed by atoms with E-state index < -0.39 is 5.97 Å². The molecular formula is C13H20N2O3S2. The van der Waals surface area contributed by atoms with Crippen LogP contribution in [0.4, 0.5) is 0 Å². The predicted octanol–water partition coefficient (Wildman–Crippen LogP) is 2.56. The van der Waals surface area contributed by atoms with E-state index in [-0.39, 0.29) is 17.6 Å². The van der Waals surface area contributed by atoms with E-state index in [4.69, 9.17) is 5.11 Å². The fourth-order valence-electron chi connectivity index (χ4n) is 1.51. The van der Waals surface area contributed by atoms with E-state index in [9.17, 15) is 9.59 Å². The number of rotatable bonds is 9. The molecule has 0 spiro atoms. The van der Waals surface area contributed by atoms with Gasteiger partial charge in [-0.3, -0.25) is 9.59 Å². The Bertz CT molecular complexity index is 449. The molecule has 0 saturated heterocycles. The van der Waals surface area contributed by atoms with Crippen molar-refractivity contribution in [2.24, 2.45) is 0 Å². The van der Waals surface area contributed by atoms with Crippen LogP contribution in [0.25, 0.3) is 0 Å². The SMILES string of the molecule is CCCCCNC(=O)C(C)Sc1nc(CC(=O)O)cs1. The molecule has 7 heteroatoms. The highest BCUT2D eigenvalue weighted by molar-refractivity contribution is 8.02. The second-order valence-electron chi connectivity index (χ2n) is 4.43. The molecule has 0 aliphatic carbocycles. The largest absolute Gasteiger partial charge is 0.481 e. The summed E-state index contributed by atoms with van der Waals surface area (Å²) in [6.07, 6.45) is 3.17. The van der Waals surface area contributed by atoms with Crippen molar-refractivity contribution in [3.05, 3.63) is 11.1 Å². The van der Waals surface area contributed by atoms with Gasteiger partial charge in [-0.2, -0.15) is 0 Å². The van der Waals surface area contributed by atoms with E-state index in [1.165, 1.54) is 23.1 Å². The van der Waals surface area contributed by atoms with Crippen LogP contribution < -0.4 is 5.32 Å². The molecule has 1 aromatic rings. The Balaban J connectivity index is 2.37. The summed E-state index contributed by atoms with van der Waals surface area (Å²) in [5.41, 5.74) is 0.542. The summed E-state index contributed by atoms with van der Waals surface area (Å²) in [4.78, 5) is 26.6. The van der Waals surface area contributed by atoms with Crippen LogP contribution in [0.15, 0.2) is 9.72 Å². The molecule has 0 fully saturated rings. The summed E-state index contributed by atoms with van der Waals surface area (Å²) < 4.78 is 0.734. The number of aliphatic carboxylic acids is 1. The molecule has 0 saturated carbocycles. The molecule has 1 atom stereocenters. The molecule has 0 aromatic carbocycles. The summed E-state index contributed by atoms with van der Waals surface area (Å²) in [7, 11) is 0. The number of hydrogen-bond donors (Lipinski definition) is 2. The monoisotopic (exact) mass is 316 g/mol. The minimum Gasteiger partial charge on any atom is -0.481 e. The first-order chi connectivity index (χ1) is 9.52. The number of carbonyl (C=O) groups is 2. The Hall–Kier alpha value is -1.08. The lowest BCUT2D eigenvalue weighted by molar-refractivity contribution is -0.136. The maximum atomic E-state index is 11.8. The summed E-state index contributed by atoms with van der Waals surface area (Å²) in [5, 5.41) is 13.1. The Morgan fingerprint density at radius 2 is 2.25 bits per heavy atom. The lowest BCUT2D eigenvalue weighted by Crippen LogP contribution is -2.31. The molecule has 5 nitrogen and oxygen atoms in total. The molecule has 0 radical (unpaired) electrons. The van der Waals surface area contributed by atoms with Gasteiger partial charge in [0.25, 0.3) is 0 Å². The van der Waals surface area contributed by atoms with Crippen molar-refractivity contribution in [3.8, 4) is 0 Å². The van der Waals surface area contributed by atoms with Gasteiger partial charge in [0.15, 0.2) is 4.34 Å². The lowest BCUT2D eigenvalue weighted by atomic mass is 10.2. The van der Waals surface area contributed by atoms with Gasteiger partial charge in [0.2, 0.25) is 5.91 Å². The first kappa shape index (κ1) is 17.0. The number of aromatic nitrogens is 1. The Morgan fingerprint density at radius 1 is 1.50 bits per heavy atom. The highest BCUT2D eigenvalue weighted by atomic mass is 32.2. The number of nitrogens with one attached hydrogen (secondary N) is 1. The summed E-state index contributed by atoms with van der Waals surface area (Å²) in [6, 6.07) is 0. The van der Waals surface area contributed by atoms with Crippen LogP contribution in [-0.4, -0.2) is 33.8 Å². The number of hydrogen-bond acceptors (Lipinski definition) is 5. The number of thioether (sulfide) groups is 1. The molecule has 112 valence electrons. The average Bonchev–Trinajstić information content (AvgIpc) is 2.80. The molecule has 1 unspecified atom stereocenters. The van der Waals surface area contributed by atoms with Crippen molar-refractivity contribution in [3.63, 3.8) is 0 Å². The number of carboxylic acid groups (broad SMARTS) is 1. The van der Waals surface area contributed by atoms with Crippen LogP contribution in [0.5, 0.6) is 0 Å². The smallest absolute Gasteiger partial charge is 0.309 e. The average molecular weight is 316 g/mol. The molecule has 1 heterocycles. The zero-order valence-electron chi connectivity index (χ0n) is 11.7. The van der Waals surface area contributed by atoms with Gasteiger partial charge in [0.05, 0.1) is 17.4 Å². The zero-order chi connectivity index (χ0) is 15.0. The number of carbonyl (C=O) groups excluding carboxylic acids is 1. The number of carboxylic acids is 1. The lowest BCUT2D eigenvalue weighted by Gasteiger charge is -2.10. The van der Waals surface area contributed by atoms with Crippen molar-refractivity contribution in [2.45, 2.75) is 49.1 Å². The van der Waals surface area contributed by atoms with Crippen molar-refractivity contribution in [2.75, 3.05) is 6.54 Å². The van der Waals surface area contributed by atoms with Crippen LogP contribution in [0.1, 0.15) is 38.8 Å². The van der Waals surface area contributed by atoms with Gasteiger partial charge in [-0.1, -0.05) is 31.5 Å². The highest BCUT2D eigenvalue weighted by Gasteiger charge is 2.16. The molecule has 0 bridgehead atoms. The van der Waals surface area contributed by atoms with Crippen LogP contribution in [0.3, 0.4) is 0 Å². The van der Waals surface area contributed by atoms with Crippen LogP contribution in [0.2, 0.25) is 0 Å². The molecule has 1 amide bonds.